The molecule has 0 aliphatic carbocycles. The minimum Gasteiger partial charge on any atom is -0.305 e. The Hall–Kier alpha value is -2.82. The summed E-state index contributed by atoms with van der Waals surface area (Å²) in [5.41, 5.74) is 0.826. The minimum atomic E-state index is -3.90. The third-order valence-corrected chi connectivity index (χ3v) is 9.80. The molecule has 9 nitrogen and oxygen atoms in total. The van der Waals surface area contributed by atoms with E-state index in [0.717, 1.165) is 17.8 Å². The van der Waals surface area contributed by atoms with Crippen LogP contribution in [0, 0.1) is 24.2 Å². The highest BCUT2D eigenvalue weighted by atomic mass is 32.2. The summed E-state index contributed by atoms with van der Waals surface area (Å²) < 4.78 is 53.3. The number of nitrogens with two attached hydrogens (primary N) is 1. The van der Waals surface area contributed by atoms with Gasteiger partial charge in [0.15, 0.2) is 4.80 Å². The average Bonchev–Trinajstić information content (AvgIpc) is 3.14. The fourth-order valence-corrected chi connectivity index (χ4v) is 7.79. The lowest BCUT2D eigenvalue weighted by molar-refractivity contribution is 0.0997. The number of amides is 1. The number of carbonyl (C=O) groups is 1. The molecular formula is C24H26N4O5S3. The van der Waals surface area contributed by atoms with Crippen LogP contribution in [0.1, 0.15) is 30.6 Å². The van der Waals surface area contributed by atoms with Crippen molar-refractivity contribution in [3.8, 4) is 12.3 Å². The van der Waals surface area contributed by atoms with Crippen LogP contribution in [0.25, 0.3) is 10.2 Å². The number of carbonyl (C=O) groups excluding carboxylic acids is 1. The van der Waals surface area contributed by atoms with Gasteiger partial charge in [0, 0.05) is 18.7 Å². The van der Waals surface area contributed by atoms with Crippen molar-refractivity contribution in [1.82, 2.24) is 8.87 Å². The van der Waals surface area contributed by atoms with Crippen LogP contribution in [-0.2, 0) is 26.6 Å². The molecule has 0 radical (unpaired) electrons. The Morgan fingerprint density at radius 3 is 2.28 bits per heavy atom. The first-order valence-corrected chi connectivity index (χ1v) is 15.0. The number of benzene rings is 2. The van der Waals surface area contributed by atoms with Gasteiger partial charge in [-0.3, -0.25) is 4.79 Å². The Kier molecular flexibility index (Phi) is 7.23. The molecule has 12 heteroatoms. The van der Waals surface area contributed by atoms with Gasteiger partial charge in [0.05, 0.1) is 26.6 Å². The molecule has 1 aliphatic rings. The lowest BCUT2D eigenvalue weighted by Gasteiger charge is -2.34. The maximum Gasteiger partial charge on any atom is 0.279 e. The van der Waals surface area contributed by atoms with Crippen molar-refractivity contribution in [3.05, 3.63) is 52.8 Å². The highest BCUT2D eigenvalue weighted by Gasteiger charge is 2.31. The van der Waals surface area contributed by atoms with Crippen LogP contribution in [0.5, 0.6) is 0 Å². The second kappa shape index (κ2) is 9.91. The van der Waals surface area contributed by atoms with Crippen molar-refractivity contribution >= 4 is 47.5 Å². The number of sulfonamides is 2. The summed E-state index contributed by atoms with van der Waals surface area (Å²) in [5, 5.41) is 5.23. The molecule has 2 unspecified atom stereocenters. The summed E-state index contributed by atoms with van der Waals surface area (Å²) in [6.07, 6.45) is 6.47. The number of terminal acetylenes is 1. The average molecular weight is 547 g/mol. The summed E-state index contributed by atoms with van der Waals surface area (Å²) >= 11 is 1.10. The van der Waals surface area contributed by atoms with Crippen LogP contribution in [0.3, 0.4) is 0 Å². The van der Waals surface area contributed by atoms with Gasteiger partial charge in [0.2, 0.25) is 20.0 Å². The van der Waals surface area contributed by atoms with E-state index in [1.165, 1.54) is 40.7 Å². The topological polar surface area (TPSA) is 132 Å². The van der Waals surface area contributed by atoms with Gasteiger partial charge in [-0.1, -0.05) is 31.1 Å². The molecule has 1 amide bonds. The smallest absolute Gasteiger partial charge is 0.279 e. The van der Waals surface area contributed by atoms with E-state index < -0.39 is 26.0 Å². The molecule has 4 rings (SSSR count). The number of piperidine rings is 1. The first-order valence-electron chi connectivity index (χ1n) is 11.2. The molecule has 1 fully saturated rings. The van der Waals surface area contributed by atoms with E-state index in [1.807, 2.05) is 13.8 Å². The van der Waals surface area contributed by atoms with E-state index >= 15 is 0 Å². The summed E-state index contributed by atoms with van der Waals surface area (Å²) in [6, 6.07) is 10.1. The zero-order chi connectivity index (χ0) is 26.3. The second-order valence-corrected chi connectivity index (χ2v) is 13.6. The Labute approximate surface area is 214 Å². The Morgan fingerprint density at radius 2 is 1.69 bits per heavy atom. The van der Waals surface area contributed by atoms with Crippen molar-refractivity contribution in [2.45, 2.75) is 36.6 Å². The maximum atomic E-state index is 13.1. The quantitative estimate of drug-likeness (QED) is 0.491. The largest absolute Gasteiger partial charge is 0.305 e. The number of fused-ring (bicyclic) bond motifs is 1. The van der Waals surface area contributed by atoms with Crippen LogP contribution in [0.2, 0.25) is 0 Å². The highest BCUT2D eigenvalue weighted by molar-refractivity contribution is 7.89. The fourth-order valence-electron chi connectivity index (χ4n) is 4.43. The van der Waals surface area contributed by atoms with E-state index in [9.17, 15) is 21.6 Å². The zero-order valence-corrected chi connectivity index (χ0v) is 22.2. The normalized spacial score (nSPS) is 19.9. The summed E-state index contributed by atoms with van der Waals surface area (Å²) in [6.45, 7) is 5.13. The number of rotatable bonds is 5. The number of nitrogens with zero attached hydrogens (tertiary/aromatic N) is 3. The molecule has 0 saturated carbocycles. The number of primary sulfonamides is 1. The Balaban J connectivity index is 1.67. The minimum absolute atomic E-state index is 0.0590. The molecule has 2 heterocycles. The lowest BCUT2D eigenvalue weighted by atomic mass is 9.94. The molecule has 2 N–H and O–H groups in total. The van der Waals surface area contributed by atoms with Crippen LogP contribution >= 0.6 is 11.3 Å². The Bertz CT molecular complexity index is 1640. The predicted molar refractivity (Wildman–Crippen MR) is 138 cm³/mol. The molecular weight excluding hydrogens is 520 g/mol. The van der Waals surface area contributed by atoms with E-state index in [4.69, 9.17) is 11.6 Å². The molecule has 1 saturated heterocycles. The van der Waals surface area contributed by atoms with E-state index in [-0.39, 0.29) is 38.5 Å². The molecule has 36 heavy (non-hydrogen) atoms. The summed E-state index contributed by atoms with van der Waals surface area (Å²) in [5.74, 6) is 2.48. The Morgan fingerprint density at radius 1 is 1.08 bits per heavy atom. The summed E-state index contributed by atoms with van der Waals surface area (Å²) in [4.78, 5) is 17.5. The molecule has 3 aromatic rings. The van der Waals surface area contributed by atoms with Gasteiger partial charge in [0.1, 0.15) is 0 Å². The first-order chi connectivity index (χ1) is 16.9. The second-order valence-electron chi connectivity index (χ2n) is 9.06. The fraction of sp³-hybridized carbons (Fsp3) is 0.333. The molecule has 0 bridgehead atoms. The van der Waals surface area contributed by atoms with E-state index in [0.29, 0.717) is 23.3 Å². The van der Waals surface area contributed by atoms with E-state index in [1.54, 1.807) is 10.6 Å². The standard InChI is InChI=1S/C24H26N4O5S3/c1-4-11-28-21-10-9-20(35(25,30)31)13-22(21)34-24(28)26-23(29)18-5-7-19(8-6-18)36(32,33)27-14-16(2)12-17(3)15-27/h1,5-10,13,16-17H,11-12,14-15H2,2-3H3,(H2,25,30,31). The third-order valence-electron chi connectivity index (χ3n) is 6.00. The van der Waals surface area contributed by atoms with Gasteiger partial charge in [-0.15, -0.1) is 6.42 Å². The van der Waals surface area contributed by atoms with Gasteiger partial charge in [-0.2, -0.15) is 9.30 Å². The van der Waals surface area contributed by atoms with Crippen molar-refractivity contribution < 1.29 is 21.6 Å². The number of hydrogen-bond donors (Lipinski definition) is 1. The van der Waals surface area contributed by atoms with Crippen LogP contribution in [0.15, 0.2) is 57.2 Å². The number of hydrogen-bond acceptors (Lipinski definition) is 6. The van der Waals surface area contributed by atoms with Gasteiger partial charge < -0.3 is 4.57 Å². The van der Waals surface area contributed by atoms with Gasteiger partial charge in [-0.25, -0.2) is 22.0 Å². The van der Waals surface area contributed by atoms with Gasteiger partial charge in [-0.05, 0) is 60.7 Å². The van der Waals surface area contributed by atoms with Gasteiger partial charge in [0.25, 0.3) is 5.91 Å². The highest BCUT2D eigenvalue weighted by Crippen LogP contribution is 2.27. The molecule has 190 valence electrons. The third kappa shape index (κ3) is 5.30. The van der Waals surface area contributed by atoms with Crippen LogP contribution in [0.4, 0.5) is 0 Å². The van der Waals surface area contributed by atoms with Crippen LogP contribution in [-0.4, -0.2) is 44.7 Å². The number of thiazole rings is 1. The van der Waals surface area contributed by atoms with Crippen molar-refractivity contribution in [2.24, 2.45) is 22.0 Å². The zero-order valence-electron chi connectivity index (χ0n) is 19.8. The predicted octanol–water partition coefficient (Wildman–Crippen LogP) is 2.39. The van der Waals surface area contributed by atoms with Crippen molar-refractivity contribution in [3.63, 3.8) is 0 Å². The van der Waals surface area contributed by atoms with E-state index in [2.05, 4.69) is 10.9 Å². The first kappa shape index (κ1) is 26.2. The molecule has 2 atom stereocenters. The summed E-state index contributed by atoms with van der Waals surface area (Å²) in [7, 11) is -7.57. The van der Waals surface area contributed by atoms with Crippen molar-refractivity contribution in [2.75, 3.05) is 13.1 Å². The van der Waals surface area contributed by atoms with Crippen molar-refractivity contribution in [1.29, 1.82) is 0 Å². The number of aromatic nitrogens is 1. The molecule has 1 aliphatic heterocycles. The SMILES string of the molecule is C#CCn1c(=NC(=O)c2ccc(S(=O)(=O)N3CC(C)CC(C)C3)cc2)sc2cc(S(N)(=O)=O)ccc21. The van der Waals surface area contributed by atoms with Gasteiger partial charge >= 0.3 is 0 Å². The maximum absolute atomic E-state index is 13.1. The lowest BCUT2D eigenvalue weighted by Crippen LogP contribution is -2.42. The molecule has 1 aromatic heterocycles. The van der Waals surface area contributed by atoms with Crippen LogP contribution < -0.4 is 9.94 Å². The molecule has 2 aromatic carbocycles. The monoisotopic (exact) mass is 546 g/mol. The molecule has 0 spiro atoms.